The van der Waals surface area contributed by atoms with E-state index in [9.17, 15) is 9.59 Å². The van der Waals surface area contributed by atoms with Gasteiger partial charge in [-0.1, -0.05) is 20.8 Å². The third-order valence-electron chi connectivity index (χ3n) is 5.19. The maximum Gasteiger partial charge on any atom is 0.330 e. The van der Waals surface area contributed by atoms with E-state index >= 15 is 0 Å². The van der Waals surface area contributed by atoms with E-state index < -0.39 is 16.5 Å². The van der Waals surface area contributed by atoms with Crippen LogP contribution in [-0.2, 0) is 14.4 Å². The molecule has 0 aromatic carbocycles. The van der Waals surface area contributed by atoms with Gasteiger partial charge in [0.1, 0.15) is 5.78 Å². The van der Waals surface area contributed by atoms with E-state index in [1.807, 2.05) is 60.5 Å². The molecule has 3 atom stereocenters. The molecule has 0 radical (unpaired) electrons. The summed E-state index contributed by atoms with van der Waals surface area (Å²) in [7, 11) is 0. The molecule has 0 saturated carbocycles. The number of piperidine rings is 1. The van der Waals surface area contributed by atoms with Gasteiger partial charge in [0.15, 0.2) is 0 Å². The monoisotopic (exact) mass is 297 g/mol. The van der Waals surface area contributed by atoms with Crippen LogP contribution in [0.4, 0.5) is 0 Å². The van der Waals surface area contributed by atoms with Gasteiger partial charge in [-0.05, 0) is 47.5 Å². The summed E-state index contributed by atoms with van der Waals surface area (Å²) in [5.74, 6) is -0.134. The smallest absolute Gasteiger partial charge is 0.330 e. The summed E-state index contributed by atoms with van der Waals surface area (Å²) < 4.78 is 0. The van der Waals surface area contributed by atoms with Crippen LogP contribution in [-0.4, -0.2) is 27.9 Å². The zero-order chi connectivity index (χ0) is 16.6. The minimum atomic E-state index is -0.562. The third-order valence-corrected chi connectivity index (χ3v) is 5.19. The Kier molecular flexibility index (Phi) is 4.94. The molecule has 1 fully saturated rings. The number of nitrogens with zero attached hydrogens (tertiary/aromatic N) is 1. The van der Waals surface area contributed by atoms with Crippen molar-refractivity contribution in [2.75, 3.05) is 0 Å². The van der Waals surface area contributed by atoms with Gasteiger partial charge in [0.25, 0.3) is 0 Å². The molecule has 0 aliphatic carbocycles. The average Bonchev–Trinajstić information content (AvgIpc) is 2.40. The number of ketones is 1. The van der Waals surface area contributed by atoms with E-state index in [0.29, 0.717) is 6.42 Å². The fourth-order valence-electron chi connectivity index (χ4n) is 2.89. The van der Waals surface area contributed by atoms with Crippen LogP contribution in [0.3, 0.4) is 0 Å². The first-order valence-electron chi connectivity index (χ1n) is 7.98. The van der Waals surface area contributed by atoms with Gasteiger partial charge in [-0.25, -0.2) is 4.79 Å². The molecule has 122 valence electrons. The van der Waals surface area contributed by atoms with Gasteiger partial charge in [0.2, 0.25) is 0 Å². The number of hydrogen-bond acceptors (Lipinski definition) is 4. The summed E-state index contributed by atoms with van der Waals surface area (Å²) in [6.07, 6.45) is 1.95. The molecule has 4 nitrogen and oxygen atoms in total. The van der Waals surface area contributed by atoms with Crippen molar-refractivity contribution in [2.45, 2.75) is 85.7 Å². The predicted molar refractivity (Wildman–Crippen MR) is 83.6 cm³/mol. The molecule has 0 N–H and O–H groups in total. The summed E-state index contributed by atoms with van der Waals surface area (Å²) in [5, 5.41) is 1.83. The van der Waals surface area contributed by atoms with Crippen molar-refractivity contribution >= 4 is 11.8 Å². The molecular formula is C17H31NO3. The molecule has 0 bridgehead atoms. The van der Waals surface area contributed by atoms with Crippen molar-refractivity contribution in [1.82, 2.24) is 5.06 Å². The van der Waals surface area contributed by atoms with Crippen LogP contribution in [0.25, 0.3) is 0 Å². The van der Waals surface area contributed by atoms with Crippen molar-refractivity contribution in [3.05, 3.63) is 0 Å². The van der Waals surface area contributed by atoms with Crippen LogP contribution < -0.4 is 0 Å². The molecule has 0 aromatic rings. The van der Waals surface area contributed by atoms with E-state index in [0.717, 1.165) is 12.8 Å². The topological polar surface area (TPSA) is 46.6 Å². The highest BCUT2D eigenvalue weighted by atomic mass is 16.7. The highest BCUT2D eigenvalue weighted by molar-refractivity contribution is 5.84. The quantitative estimate of drug-likeness (QED) is 0.796. The van der Waals surface area contributed by atoms with Crippen LogP contribution >= 0.6 is 0 Å². The Labute approximate surface area is 129 Å². The molecule has 1 aliphatic rings. The number of hydrogen-bond donors (Lipinski definition) is 0. The molecule has 1 rings (SSSR count). The Morgan fingerprint density at radius 2 is 1.81 bits per heavy atom. The average molecular weight is 297 g/mol. The Hall–Kier alpha value is -0.900. The predicted octanol–water partition coefficient (Wildman–Crippen LogP) is 3.74. The van der Waals surface area contributed by atoms with Gasteiger partial charge >= 0.3 is 5.97 Å². The molecule has 0 spiro atoms. The maximum atomic E-state index is 12.4. The fourth-order valence-corrected chi connectivity index (χ4v) is 2.89. The Balaban J connectivity index is 3.24. The zero-order valence-corrected chi connectivity index (χ0v) is 14.9. The molecule has 1 saturated heterocycles. The first-order chi connectivity index (χ1) is 9.42. The Morgan fingerprint density at radius 1 is 1.29 bits per heavy atom. The lowest BCUT2D eigenvalue weighted by Gasteiger charge is -2.55. The molecule has 3 unspecified atom stereocenters. The number of Topliss-reactive ketones (excluding diaryl/α,β-unsaturated/α-hetero) is 1. The van der Waals surface area contributed by atoms with Crippen LogP contribution in [0.2, 0.25) is 0 Å². The SMILES string of the molecule is CCC1(C)CC(=O)C(C)C(C)(CC)N1OC(=O)C(C)(C)C. The fraction of sp³-hybridized carbons (Fsp3) is 0.882. The van der Waals surface area contributed by atoms with Crippen molar-refractivity contribution in [3.63, 3.8) is 0 Å². The van der Waals surface area contributed by atoms with Gasteiger partial charge < -0.3 is 4.84 Å². The largest absolute Gasteiger partial charge is 0.366 e. The van der Waals surface area contributed by atoms with Crippen LogP contribution in [0.5, 0.6) is 0 Å². The second-order valence-electron chi connectivity index (χ2n) is 7.85. The molecule has 0 aromatic heterocycles. The highest BCUT2D eigenvalue weighted by Gasteiger charge is 2.55. The lowest BCUT2D eigenvalue weighted by molar-refractivity contribution is -0.283. The molecule has 1 heterocycles. The zero-order valence-electron chi connectivity index (χ0n) is 14.9. The van der Waals surface area contributed by atoms with Gasteiger partial charge in [-0.2, -0.15) is 0 Å². The lowest BCUT2D eigenvalue weighted by atomic mass is 9.70. The van der Waals surface area contributed by atoms with Crippen molar-refractivity contribution < 1.29 is 14.4 Å². The van der Waals surface area contributed by atoms with Crippen molar-refractivity contribution in [1.29, 1.82) is 0 Å². The second kappa shape index (κ2) is 5.71. The first-order valence-corrected chi connectivity index (χ1v) is 7.98. The van der Waals surface area contributed by atoms with Gasteiger partial charge in [-0.3, -0.25) is 4.79 Å². The van der Waals surface area contributed by atoms with Gasteiger partial charge in [0, 0.05) is 12.3 Å². The summed E-state index contributed by atoms with van der Waals surface area (Å²) >= 11 is 0. The highest BCUT2D eigenvalue weighted by Crippen LogP contribution is 2.44. The van der Waals surface area contributed by atoms with Crippen molar-refractivity contribution in [2.24, 2.45) is 11.3 Å². The number of carbonyl (C=O) groups excluding carboxylic acids is 2. The normalized spacial score (nSPS) is 34.9. The van der Waals surface area contributed by atoms with E-state index in [4.69, 9.17) is 4.84 Å². The number of hydroxylamine groups is 2. The summed E-state index contributed by atoms with van der Waals surface area (Å²) in [6, 6.07) is 0. The maximum absolute atomic E-state index is 12.4. The number of rotatable bonds is 3. The minimum absolute atomic E-state index is 0.144. The third kappa shape index (κ3) is 3.15. The lowest BCUT2D eigenvalue weighted by Crippen LogP contribution is -2.67. The summed E-state index contributed by atoms with van der Waals surface area (Å²) in [5.41, 5.74) is -1.45. The molecule has 4 heteroatoms. The standard InChI is InChI=1S/C17H31NO3/c1-9-16(7)11-13(19)12(3)17(8,10-2)18(16)21-14(20)15(4,5)6/h12H,9-11H2,1-8H3. The number of carbonyl (C=O) groups is 2. The molecule has 1 aliphatic heterocycles. The van der Waals surface area contributed by atoms with Crippen LogP contribution in [0.15, 0.2) is 0 Å². The van der Waals surface area contributed by atoms with E-state index in [2.05, 4.69) is 0 Å². The van der Waals surface area contributed by atoms with Crippen LogP contribution in [0, 0.1) is 11.3 Å². The second-order valence-corrected chi connectivity index (χ2v) is 7.85. The summed E-state index contributed by atoms with van der Waals surface area (Å²) in [4.78, 5) is 30.6. The van der Waals surface area contributed by atoms with Gasteiger partial charge in [0.05, 0.1) is 16.5 Å². The van der Waals surface area contributed by atoms with Crippen molar-refractivity contribution in [3.8, 4) is 0 Å². The Bertz CT molecular complexity index is 426. The summed E-state index contributed by atoms with van der Waals surface area (Å²) in [6.45, 7) is 15.6. The first kappa shape index (κ1) is 18.1. The van der Waals surface area contributed by atoms with Crippen LogP contribution in [0.1, 0.15) is 74.7 Å². The Morgan fingerprint density at radius 3 is 2.19 bits per heavy atom. The molecule has 0 amide bonds. The van der Waals surface area contributed by atoms with E-state index in [1.54, 1.807) is 0 Å². The minimum Gasteiger partial charge on any atom is -0.366 e. The molecular weight excluding hydrogens is 266 g/mol. The van der Waals surface area contributed by atoms with E-state index in [-0.39, 0.29) is 17.7 Å². The van der Waals surface area contributed by atoms with Gasteiger partial charge in [-0.15, -0.1) is 5.06 Å². The van der Waals surface area contributed by atoms with E-state index in [1.165, 1.54) is 0 Å². The molecule has 21 heavy (non-hydrogen) atoms.